The molecule has 0 unspecified atom stereocenters. The second kappa shape index (κ2) is 9.49. The summed E-state index contributed by atoms with van der Waals surface area (Å²) in [6.45, 7) is 7.30. The molecule has 0 aliphatic rings. The van der Waals surface area contributed by atoms with E-state index in [1.165, 1.54) is 12.1 Å². The minimum atomic E-state index is -0.282. The number of carbonyl (C=O) groups is 1. The molecule has 0 aliphatic carbocycles. The summed E-state index contributed by atoms with van der Waals surface area (Å²) in [5.74, 6) is 1.41. The summed E-state index contributed by atoms with van der Waals surface area (Å²) in [7, 11) is 1.82. The lowest BCUT2D eigenvalue weighted by molar-refractivity contribution is 0.0778. The summed E-state index contributed by atoms with van der Waals surface area (Å²) in [5, 5.41) is 0.929. The number of benzene rings is 3. The molecule has 4 nitrogen and oxygen atoms in total. The molecule has 1 heterocycles. The maximum atomic E-state index is 13.3. The van der Waals surface area contributed by atoms with Gasteiger partial charge in [0, 0.05) is 30.1 Å². The zero-order valence-electron chi connectivity index (χ0n) is 19.4. The molecule has 1 amide bonds. The van der Waals surface area contributed by atoms with Gasteiger partial charge in [0.25, 0.3) is 5.91 Å². The second-order valence-electron chi connectivity index (χ2n) is 8.63. The summed E-state index contributed by atoms with van der Waals surface area (Å²) in [6.07, 6.45) is 0. The molecule has 3 aromatic carbocycles. The molecule has 0 saturated heterocycles. The van der Waals surface area contributed by atoms with E-state index >= 15 is 0 Å². The third-order valence-corrected chi connectivity index (χ3v) is 5.43. The Bertz CT molecular complexity index is 1270. The maximum absolute atomic E-state index is 13.3. The van der Waals surface area contributed by atoms with E-state index in [4.69, 9.17) is 9.15 Å². The van der Waals surface area contributed by atoms with E-state index in [9.17, 15) is 9.18 Å². The van der Waals surface area contributed by atoms with E-state index in [0.717, 1.165) is 27.7 Å². The normalized spacial score (nSPS) is 11.2. The van der Waals surface area contributed by atoms with Crippen molar-refractivity contribution in [3.63, 3.8) is 0 Å². The SMILES string of the molecule is CCOc1cc(C(=O)N(C)CC(C)C)cc(-c2ccc3oc(-c4ccc(F)cc4)cc3c2)c1. The van der Waals surface area contributed by atoms with Crippen LogP contribution in [0.1, 0.15) is 31.1 Å². The maximum Gasteiger partial charge on any atom is 0.253 e. The molecule has 0 spiro atoms. The van der Waals surface area contributed by atoms with Crippen LogP contribution in [0.2, 0.25) is 0 Å². The number of fused-ring (bicyclic) bond motifs is 1. The Kier molecular flexibility index (Phi) is 6.50. The first-order valence-corrected chi connectivity index (χ1v) is 11.2. The Morgan fingerprint density at radius 3 is 2.39 bits per heavy atom. The molecule has 170 valence electrons. The monoisotopic (exact) mass is 445 g/mol. The molecule has 0 aliphatic heterocycles. The number of halogens is 1. The van der Waals surface area contributed by atoms with Gasteiger partial charge in [-0.25, -0.2) is 4.39 Å². The lowest BCUT2D eigenvalue weighted by atomic mass is 10.0. The van der Waals surface area contributed by atoms with Crippen molar-refractivity contribution in [1.29, 1.82) is 0 Å². The number of rotatable bonds is 7. The molecule has 0 radical (unpaired) electrons. The van der Waals surface area contributed by atoms with Crippen LogP contribution in [-0.2, 0) is 0 Å². The number of amides is 1. The van der Waals surface area contributed by atoms with Gasteiger partial charge in [0.2, 0.25) is 0 Å². The van der Waals surface area contributed by atoms with Gasteiger partial charge in [-0.2, -0.15) is 0 Å². The van der Waals surface area contributed by atoms with Crippen LogP contribution >= 0.6 is 0 Å². The number of carbonyl (C=O) groups excluding carboxylic acids is 1. The number of furan rings is 1. The van der Waals surface area contributed by atoms with Crippen LogP contribution in [0.3, 0.4) is 0 Å². The van der Waals surface area contributed by atoms with E-state index in [2.05, 4.69) is 13.8 Å². The largest absolute Gasteiger partial charge is 0.494 e. The van der Waals surface area contributed by atoms with E-state index in [1.54, 1.807) is 23.1 Å². The second-order valence-corrected chi connectivity index (χ2v) is 8.63. The van der Waals surface area contributed by atoms with Crippen LogP contribution in [0.15, 0.2) is 71.1 Å². The van der Waals surface area contributed by atoms with Crippen molar-refractivity contribution < 1.29 is 18.3 Å². The Morgan fingerprint density at radius 2 is 1.70 bits per heavy atom. The fourth-order valence-corrected chi connectivity index (χ4v) is 3.97. The highest BCUT2D eigenvalue weighted by Gasteiger charge is 2.16. The summed E-state index contributed by atoms with van der Waals surface area (Å²) >= 11 is 0. The molecule has 0 bridgehead atoms. The number of hydrogen-bond acceptors (Lipinski definition) is 3. The third kappa shape index (κ3) is 5.08. The molecule has 33 heavy (non-hydrogen) atoms. The van der Waals surface area contributed by atoms with Crippen LogP contribution in [0.5, 0.6) is 5.75 Å². The molecule has 0 atom stereocenters. The van der Waals surface area contributed by atoms with Gasteiger partial charge in [-0.1, -0.05) is 19.9 Å². The highest BCUT2D eigenvalue weighted by molar-refractivity contribution is 5.96. The fraction of sp³-hybridized carbons (Fsp3) is 0.250. The van der Waals surface area contributed by atoms with Crippen LogP contribution in [0.25, 0.3) is 33.4 Å². The van der Waals surface area contributed by atoms with Gasteiger partial charge in [-0.15, -0.1) is 0 Å². The van der Waals surface area contributed by atoms with Gasteiger partial charge in [0.05, 0.1) is 6.61 Å². The van der Waals surface area contributed by atoms with Crippen molar-refractivity contribution in [2.75, 3.05) is 20.2 Å². The number of nitrogens with zero attached hydrogens (tertiary/aromatic N) is 1. The van der Waals surface area contributed by atoms with Crippen molar-refractivity contribution in [2.24, 2.45) is 5.92 Å². The van der Waals surface area contributed by atoms with Crippen LogP contribution in [0, 0.1) is 11.7 Å². The molecule has 4 rings (SSSR count). The first-order chi connectivity index (χ1) is 15.8. The van der Waals surface area contributed by atoms with E-state index in [0.29, 0.717) is 36.1 Å². The van der Waals surface area contributed by atoms with Gasteiger partial charge < -0.3 is 14.1 Å². The lowest BCUT2D eigenvalue weighted by Crippen LogP contribution is -2.30. The highest BCUT2D eigenvalue weighted by Crippen LogP contribution is 2.33. The van der Waals surface area contributed by atoms with E-state index in [1.807, 2.05) is 50.4 Å². The van der Waals surface area contributed by atoms with Gasteiger partial charge in [0.1, 0.15) is 22.9 Å². The molecule has 5 heteroatoms. The Hall–Kier alpha value is -3.60. The predicted molar refractivity (Wildman–Crippen MR) is 130 cm³/mol. The van der Waals surface area contributed by atoms with Crippen molar-refractivity contribution in [2.45, 2.75) is 20.8 Å². The lowest BCUT2D eigenvalue weighted by Gasteiger charge is -2.20. The molecular weight excluding hydrogens is 417 g/mol. The van der Waals surface area contributed by atoms with Gasteiger partial charge >= 0.3 is 0 Å². The van der Waals surface area contributed by atoms with Crippen molar-refractivity contribution in [1.82, 2.24) is 4.90 Å². The van der Waals surface area contributed by atoms with Gasteiger partial charge in [0.15, 0.2) is 0 Å². The van der Waals surface area contributed by atoms with E-state index in [-0.39, 0.29) is 11.7 Å². The standard InChI is InChI=1S/C28H28FNO3/c1-5-32-25-14-21(13-23(15-25)28(31)30(4)17-18(2)3)20-8-11-26-22(12-20)16-27(33-26)19-6-9-24(29)10-7-19/h6-16,18H,5,17H2,1-4H3. The minimum Gasteiger partial charge on any atom is -0.494 e. The van der Waals surface area contributed by atoms with Crippen LogP contribution in [0.4, 0.5) is 4.39 Å². The number of ether oxygens (including phenoxy) is 1. The summed E-state index contributed by atoms with van der Waals surface area (Å²) < 4.78 is 25.0. The average molecular weight is 446 g/mol. The smallest absolute Gasteiger partial charge is 0.253 e. The van der Waals surface area contributed by atoms with Crippen molar-refractivity contribution >= 4 is 16.9 Å². The fourth-order valence-electron chi connectivity index (χ4n) is 3.97. The Labute approximate surface area is 193 Å². The zero-order valence-corrected chi connectivity index (χ0v) is 19.4. The first-order valence-electron chi connectivity index (χ1n) is 11.2. The minimum absolute atomic E-state index is 0.0329. The molecular formula is C28H28FNO3. The molecule has 0 saturated carbocycles. The van der Waals surface area contributed by atoms with Gasteiger partial charge in [-0.05, 0) is 84.6 Å². The molecule has 0 N–H and O–H groups in total. The zero-order chi connectivity index (χ0) is 23.5. The quantitative estimate of drug-likeness (QED) is 0.307. The Balaban J connectivity index is 1.72. The molecule has 1 aromatic heterocycles. The average Bonchev–Trinajstić information content (AvgIpc) is 3.22. The summed E-state index contributed by atoms with van der Waals surface area (Å²) in [5.41, 5.74) is 4.00. The highest BCUT2D eigenvalue weighted by atomic mass is 19.1. The predicted octanol–water partition coefficient (Wildman–Crippen LogP) is 7.03. The van der Waals surface area contributed by atoms with Gasteiger partial charge in [-0.3, -0.25) is 4.79 Å². The summed E-state index contributed by atoms with van der Waals surface area (Å²) in [4.78, 5) is 14.8. The van der Waals surface area contributed by atoms with Crippen molar-refractivity contribution in [3.8, 4) is 28.2 Å². The molecule has 0 fully saturated rings. The number of hydrogen-bond donors (Lipinski definition) is 0. The van der Waals surface area contributed by atoms with E-state index < -0.39 is 0 Å². The van der Waals surface area contributed by atoms with Crippen LogP contribution in [-0.4, -0.2) is 31.0 Å². The molecule has 4 aromatic rings. The third-order valence-electron chi connectivity index (χ3n) is 5.43. The van der Waals surface area contributed by atoms with Crippen LogP contribution < -0.4 is 4.74 Å². The topological polar surface area (TPSA) is 42.7 Å². The Morgan fingerprint density at radius 1 is 0.970 bits per heavy atom. The van der Waals surface area contributed by atoms with Crippen molar-refractivity contribution in [3.05, 3.63) is 78.1 Å². The first kappa shape index (κ1) is 22.6. The summed E-state index contributed by atoms with van der Waals surface area (Å²) in [6, 6.07) is 19.8.